The normalized spacial score (nSPS) is 15.3. The highest BCUT2D eigenvalue weighted by Crippen LogP contribution is 2.32. The van der Waals surface area contributed by atoms with Crippen molar-refractivity contribution in [2.75, 3.05) is 7.11 Å². The average molecular weight is 568 g/mol. The molecular weight excluding hydrogens is 542 g/mol. The summed E-state index contributed by atoms with van der Waals surface area (Å²) < 4.78 is 9.49. The number of ether oxygens (including phenoxy) is 1. The summed E-state index contributed by atoms with van der Waals surface area (Å²) in [6.07, 6.45) is 4.53. The summed E-state index contributed by atoms with van der Waals surface area (Å²) in [5.74, 6) is -0.479. The monoisotopic (exact) mass is 567 g/mol. The van der Waals surface area contributed by atoms with E-state index in [2.05, 4.69) is 22.9 Å². The lowest BCUT2D eigenvalue weighted by molar-refractivity contribution is -0.136. The Kier molecular flexibility index (Phi) is 7.00. The molecule has 1 aliphatic heterocycles. The molecule has 2 aromatic heterocycles. The van der Waals surface area contributed by atoms with Crippen molar-refractivity contribution in [1.82, 2.24) is 9.13 Å². The van der Waals surface area contributed by atoms with Crippen LogP contribution >= 0.6 is 22.9 Å². The number of aromatic nitrogens is 2. The molecule has 3 heterocycles. The molecule has 0 unspecified atom stereocenters. The number of allylic oxidation sites excluding steroid dienone is 1. The number of para-hydroxylation sites is 1. The molecule has 6 nitrogen and oxygen atoms in total. The van der Waals surface area contributed by atoms with Gasteiger partial charge in [-0.05, 0) is 41.8 Å². The molecule has 0 N–H and O–H groups in total. The molecule has 6 rings (SSSR count). The number of carbonyl (C=O) groups is 1. The van der Waals surface area contributed by atoms with Crippen molar-refractivity contribution in [3.05, 3.63) is 138 Å². The fraction of sp³-hybridized carbons (Fsp3) is 0.156. The van der Waals surface area contributed by atoms with Gasteiger partial charge in [0.05, 0.1) is 29.0 Å². The van der Waals surface area contributed by atoms with Crippen LogP contribution in [0.4, 0.5) is 0 Å². The molecule has 0 radical (unpaired) electrons. The summed E-state index contributed by atoms with van der Waals surface area (Å²) in [5, 5.41) is 1.74. The standard InChI is InChI=1S/C32H26ClN3O3S/c1-3-25-28(31(38)39-2)29(21-11-5-4-6-12-21)36-30(37)27(40-32(36)34-25)17-22-19-35(26-15-8-7-14-24(22)26)18-20-10-9-13-23(33)16-20/h4-17,19,29H,3,18H2,1-2H3/b27-17+/t29-/m1/s1. The number of halogens is 1. The van der Waals surface area contributed by atoms with Crippen molar-refractivity contribution in [1.29, 1.82) is 0 Å². The Hall–Kier alpha value is -4.20. The Balaban J connectivity index is 1.53. The van der Waals surface area contributed by atoms with Gasteiger partial charge in [-0.3, -0.25) is 9.36 Å². The molecule has 0 bridgehead atoms. The van der Waals surface area contributed by atoms with Crippen molar-refractivity contribution in [3.8, 4) is 0 Å². The van der Waals surface area contributed by atoms with Gasteiger partial charge in [0.1, 0.15) is 0 Å². The van der Waals surface area contributed by atoms with E-state index < -0.39 is 12.0 Å². The molecule has 0 aliphatic carbocycles. The Morgan fingerprint density at radius 3 is 2.60 bits per heavy atom. The SMILES string of the molecule is CCC1=C(C(=O)OC)[C@@H](c2ccccc2)n2c(s/c(=C/c3cn(Cc4cccc(Cl)c4)c4ccccc34)c2=O)=N1. The molecule has 40 heavy (non-hydrogen) atoms. The first-order valence-electron chi connectivity index (χ1n) is 13.0. The topological polar surface area (TPSA) is 65.6 Å². The third-order valence-electron chi connectivity index (χ3n) is 7.11. The average Bonchev–Trinajstić information content (AvgIpc) is 3.48. The first kappa shape index (κ1) is 26.0. The number of thiazole rings is 1. The van der Waals surface area contributed by atoms with Gasteiger partial charge in [-0.25, -0.2) is 9.79 Å². The van der Waals surface area contributed by atoms with Gasteiger partial charge in [-0.1, -0.05) is 90.5 Å². The maximum Gasteiger partial charge on any atom is 0.338 e. The Morgan fingerprint density at radius 2 is 1.85 bits per heavy atom. The lowest BCUT2D eigenvalue weighted by Gasteiger charge is -2.25. The van der Waals surface area contributed by atoms with Crippen LogP contribution in [0.15, 0.2) is 106 Å². The summed E-state index contributed by atoms with van der Waals surface area (Å²) in [6.45, 7) is 2.60. The van der Waals surface area contributed by atoms with Crippen molar-refractivity contribution < 1.29 is 9.53 Å². The second-order valence-electron chi connectivity index (χ2n) is 9.56. The van der Waals surface area contributed by atoms with E-state index in [4.69, 9.17) is 21.3 Å². The minimum Gasteiger partial charge on any atom is -0.466 e. The van der Waals surface area contributed by atoms with Gasteiger partial charge in [-0.2, -0.15) is 0 Å². The minimum absolute atomic E-state index is 0.194. The van der Waals surface area contributed by atoms with Crippen LogP contribution in [0.5, 0.6) is 0 Å². The number of esters is 1. The van der Waals surface area contributed by atoms with Crippen LogP contribution in [-0.4, -0.2) is 22.2 Å². The number of carbonyl (C=O) groups excluding carboxylic acids is 1. The molecule has 0 amide bonds. The molecule has 200 valence electrons. The molecule has 1 aliphatic rings. The van der Waals surface area contributed by atoms with Gasteiger partial charge in [-0.15, -0.1) is 0 Å². The quantitative estimate of drug-likeness (QED) is 0.256. The first-order chi connectivity index (χ1) is 19.5. The largest absolute Gasteiger partial charge is 0.466 e. The van der Waals surface area contributed by atoms with Gasteiger partial charge in [0, 0.05) is 34.2 Å². The molecular formula is C32H26ClN3O3S. The van der Waals surface area contributed by atoms with Crippen LogP contribution in [0.1, 0.15) is 36.1 Å². The maximum absolute atomic E-state index is 14.0. The Labute approximate surface area is 239 Å². The van der Waals surface area contributed by atoms with Crippen molar-refractivity contribution in [2.24, 2.45) is 4.99 Å². The van der Waals surface area contributed by atoms with E-state index in [9.17, 15) is 9.59 Å². The second-order valence-corrected chi connectivity index (χ2v) is 11.0. The van der Waals surface area contributed by atoms with Gasteiger partial charge in [0.15, 0.2) is 4.80 Å². The molecule has 3 aromatic carbocycles. The van der Waals surface area contributed by atoms with Crippen LogP contribution in [0.2, 0.25) is 5.02 Å². The number of nitrogens with zero attached hydrogens (tertiary/aromatic N) is 3. The fourth-order valence-electron chi connectivity index (χ4n) is 5.31. The van der Waals surface area contributed by atoms with Crippen molar-refractivity contribution in [3.63, 3.8) is 0 Å². The second kappa shape index (κ2) is 10.8. The Bertz CT molecular complexity index is 1970. The summed E-state index contributed by atoms with van der Waals surface area (Å²) in [4.78, 5) is 32.3. The van der Waals surface area contributed by atoms with Crippen LogP contribution in [0, 0.1) is 0 Å². The van der Waals surface area contributed by atoms with Crippen molar-refractivity contribution >= 4 is 45.9 Å². The van der Waals surface area contributed by atoms with Gasteiger partial charge >= 0.3 is 5.97 Å². The van der Waals surface area contributed by atoms with E-state index in [1.54, 1.807) is 4.57 Å². The first-order valence-corrected chi connectivity index (χ1v) is 14.2. The lowest BCUT2D eigenvalue weighted by Crippen LogP contribution is -2.40. The number of benzene rings is 3. The van der Waals surface area contributed by atoms with E-state index in [0.717, 1.165) is 27.6 Å². The van der Waals surface area contributed by atoms with Crippen LogP contribution in [-0.2, 0) is 16.1 Å². The molecule has 0 saturated carbocycles. The number of rotatable bonds is 6. The molecule has 5 aromatic rings. The van der Waals surface area contributed by atoms with E-state index in [1.165, 1.54) is 18.4 Å². The van der Waals surface area contributed by atoms with Crippen LogP contribution in [0.3, 0.4) is 0 Å². The van der Waals surface area contributed by atoms with E-state index in [1.807, 2.05) is 79.7 Å². The summed E-state index contributed by atoms with van der Waals surface area (Å²) in [5.41, 5.74) is 4.74. The van der Waals surface area contributed by atoms with Crippen LogP contribution < -0.4 is 14.9 Å². The summed E-state index contributed by atoms with van der Waals surface area (Å²) in [7, 11) is 1.36. The Morgan fingerprint density at radius 1 is 1.07 bits per heavy atom. The van der Waals surface area contributed by atoms with Gasteiger partial charge < -0.3 is 9.30 Å². The number of hydrogen-bond acceptors (Lipinski definition) is 5. The number of hydrogen-bond donors (Lipinski definition) is 0. The highest BCUT2D eigenvalue weighted by molar-refractivity contribution is 7.07. The van der Waals surface area contributed by atoms with E-state index in [0.29, 0.717) is 38.6 Å². The zero-order valence-electron chi connectivity index (χ0n) is 22.0. The summed E-state index contributed by atoms with van der Waals surface area (Å²) in [6, 6.07) is 24.9. The smallest absolute Gasteiger partial charge is 0.338 e. The van der Waals surface area contributed by atoms with E-state index >= 15 is 0 Å². The third-order valence-corrected chi connectivity index (χ3v) is 8.33. The maximum atomic E-state index is 14.0. The fourth-order valence-corrected chi connectivity index (χ4v) is 6.53. The zero-order valence-corrected chi connectivity index (χ0v) is 23.6. The number of methoxy groups -OCH3 is 1. The van der Waals surface area contributed by atoms with Crippen molar-refractivity contribution in [2.45, 2.75) is 25.9 Å². The molecule has 0 fully saturated rings. The van der Waals surface area contributed by atoms with E-state index in [-0.39, 0.29) is 5.56 Å². The minimum atomic E-state index is -0.619. The van der Waals surface area contributed by atoms with Gasteiger partial charge in [0.25, 0.3) is 5.56 Å². The molecule has 8 heteroatoms. The molecule has 0 spiro atoms. The molecule has 0 saturated heterocycles. The third kappa shape index (κ3) is 4.61. The lowest BCUT2D eigenvalue weighted by atomic mass is 9.95. The van der Waals surface area contributed by atoms with Gasteiger partial charge in [0.2, 0.25) is 0 Å². The zero-order chi connectivity index (χ0) is 27.8. The predicted octanol–water partition coefficient (Wildman–Crippen LogP) is 5.45. The highest BCUT2D eigenvalue weighted by Gasteiger charge is 2.33. The predicted molar refractivity (Wildman–Crippen MR) is 159 cm³/mol. The number of fused-ring (bicyclic) bond motifs is 2. The molecule has 1 atom stereocenters. The summed E-state index contributed by atoms with van der Waals surface area (Å²) >= 11 is 7.57. The highest BCUT2D eigenvalue weighted by atomic mass is 35.5. The van der Waals surface area contributed by atoms with Crippen LogP contribution in [0.25, 0.3) is 17.0 Å².